The Morgan fingerprint density at radius 1 is 1.24 bits per heavy atom. The lowest BCUT2D eigenvalue weighted by atomic mass is 9.96. The highest BCUT2D eigenvalue weighted by molar-refractivity contribution is 7.17. The summed E-state index contributed by atoms with van der Waals surface area (Å²) in [6, 6.07) is 13.1. The number of aromatic nitrogens is 1. The van der Waals surface area contributed by atoms with Crippen molar-refractivity contribution >= 4 is 21.6 Å². The predicted octanol–water partition coefficient (Wildman–Crippen LogP) is 4.69. The lowest BCUT2D eigenvalue weighted by Crippen LogP contribution is -2.24. The van der Waals surface area contributed by atoms with Crippen LogP contribution in [0.4, 0.5) is 0 Å². The normalized spacial score (nSPS) is 12.7. The van der Waals surface area contributed by atoms with Gasteiger partial charge in [0.05, 0.1) is 16.3 Å². The van der Waals surface area contributed by atoms with Gasteiger partial charge in [-0.2, -0.15) is 0 Å². The highest BCUT2D eigenvalue weighted by Crippen LogP contribution is 2.28. The van der Waals surface area contributed by atoms with Gasteiger partial charge in [0, 0.05) is 6.20 Å². The maximum atomic E-state index is 4.60. The molecule has 0 aliphatic carbocycles. The van der Waals surface area contributed by atoms with Gasteiger partial charge in [-0.1, -0.05) is 31.2 Å². The topological polar surface area (TPSA) is 24.9 Å². The number of rotatable bonds is 5. The van der Waals surface area contributed by atoms with Crippen LogP contribution in [0.5, 0.6) is 0 Å². The zero-order valence-electron chi connectivity index (χ0n) is 12.5. The maximum Gasteiger partial charge on any atom is 0.0809 e. The van der Waals surface area contributed by atoms with Crippen LogP contribution in [0.1, 0.15) is 36.1 Å². The summed E-state index contributed by atoms with van der Waals surface area (Å²) in [5.74, 6) is 0. The van der Waals surface area contributed by atoms with Crippen molar-refractivity contribution in [3.05, 3.63) is 64.7 Å². The van der Waals surface area contributed by atoms with Gasteiger partial charge >= 0.3 is 0 Å². The quantitative estimate of drug-likeness (QED) is 0.738. The summed E-state index contributed by atoms with van der Waals surface area (Å²) in [5.41, 5.74) is 4.98. The summed E-state index contributed by atoms with van der Waals surface area (Å²) in [6.45, 7) is 5.37. The SMILES string of the molecule is CCCNC(c1cnc2ccsc2c1)c1ccccc1C. The molecule has 2 nitrogen and oxygen atoms in total. The number of nitrogens with one attached hydrogen (secondary N) is 1. The average Bonchev–Trinajstić information content (AvgIpc) is 2.97. The summed E-state index contributed by atoms with van der Waals surface area (Å²) in [6.07, 6.45) is 3.13. The van der Waals surface area contributed by atoms with Crippen molar-refractivity contribution < 1.29 is 0 Å². The molecule has 3 rings (SSSR count). The largest absolute Gasteiger partial charge is 0.306 e. The standard InChI is InChI=1S/C18H20N2S/c1-3-9-19-18(15-7-5-4-6-13(15)2)14-11-17-16(20-12-14)8-10-21-17/h4-8,10-12,18-19H,3,9H2,1-2H3. The highest BCUT2D eigenvalue weighted by atomic mass is 32.1. The van der Waals surface area contributed by atoms with Crippen LogP contribution in [0.2, 0.25) is 0 Å². The van der Waals surface area contributed by atoms with Crippen LogP contribution in [0.15, 0.2) is 48.0 Å². The maximum absolute atomic E-state index is 4.60. The van der Waals surface area contributed by atoms with Gasteiger partial charge in [-0.15, -0.1) is 11.3 Å². The van der Waals surface area contributed by atoms with Crippen molar-refractivity contribution in [1.29, 1.82) is 0 Å². The summed E-state index contributed by atoms with van der Waals surface area (Å²) in [4.78, 5) is 4.60. The molecule has 1 aromatic carbocycles. The van der Waals surface area contributed by atoms with E-state index >= 15 is 0 Å². The Kier molecular flexibility index (Phi) is 4.32. The fraction of sp³-hybridized carbons (Fsp3) is 0.278. The van der Waals surface area contributed by atoms with Crippen LogP contribution >= 0.6 is 11.3 Å². The predicted molar refractivity (Wildman–Crippen MR) is 90.9 cm³/mol. The van der Waals surface area contributed by atoms with Crippen LogP contribution in [-0.2, 0) is 0 Å². The van der Waals surface area contributed by atoms with Gasteiger partial charge in [0.15, 0.2) is 0 Å². The molecule has 0 saturated carbocycles. The molecule has 1 N–H and O–H groups in total. The third-order valence-corrected chi connectivity index (χ3v) is 4.61. The smallest absolute Gasteiger partial charge is 0.0809 e. The van der Waals surface area contributed by atoms with Gasteiger partial charge in [-0.25, -0.2) is 0 Å². The lowest BCUT2D eigenvalue weighted by molar-refractivity contribution is 0.595. The number of aryl methyl sites for hydroxylation is 1. The van der Waals surface area contributed by atoms with E-state index < -0.39 is 0 Å². The molecule has 0 spiro atoms. The molecular formula is C18H20N2S. The van der Waals surface area contributed by atoms with Gasteiger partial charge in [0.2, 0.25) is 0 Å². The summed E-state index contributed by atoms with van der Waals surface area (Å²) < 4.78 is 1.25. The first-order valence-corrected chi connectivity index (χ1v) is 8.29. The molecule has 0 radical (unpaired) electrons. The first-order valence-electron chi connectivity index (χ1n) is 7.41. The molecule has 108 valence electrons. The van der Waals surface area contributed by atoms with Gasteiger partial charge in [-0.05, 0) is 54.1 Å². The Hall–Kier alpha value is -1.71. The van der Waals surface area contributed by atoms with Crippen molar-refractivity contribution in [3.8, 4) is 0 Å². The number of benzene rings is 1. The molecule has 0 fully saturated rings. The summed E-state index contributed by atoms with van der Waals surface area (Å²) in [5, 5.41) is 5.77. The molecule has 0 bridgehead atoms. The van der Waals surface area contributed by atoms with Crippen molar-refractivity contribution in [2.75, 3.05) is 6.54 Å². The van der Waals surface area contributed by atoms with E-state index in [0.29, 0.717) is 0 Å². The second kappa shape index (κ2) is 6.37. The Balaban J connectivity index is 2.03. The van der Waals surface area contributed by atoms with Crippen molar-refractivity contribution in [2.24, 2.45) is 0 Å². The van der Waals surface area contributed by atoms with E-state index in [4.69, 9.17) is 0 Å². The molecule has 2 aromatic heterocycles. The molecule has 1 atom stereocenters. The molecule has 3 aromatic rings. The number of hydrogen-bond donors (Lipinski definition) is 1. The molecule has 1 unspecified atom stereocenters. The third-order valence-electron chi connectivity index (χ3n) is 3.76. The van der Waals surface area contributed by atoms with E-state index in [2.05, 4.69) is 65.9 Å². The average molecular weight is 296 g/mol. The Morgan fingerprint density at radius 2 is 2.10 bits per heavy atom. The fourth-order valence-corrected chi connectivity index (χ4v) is 3.42. The third kappa shape index (κ3) is 2.99. The number of nitrogens with zero attached hydrogens (tertiary/aromatic N) is 1. The number of hydrogen-bond acceptors (Lipinski definition) is 3. The van der Waals surface area contributed by atoms with Crippen LogP contribution in [0.25, 0.3) is 10.2 Å². The molecule has 0 aliphatic heterocycles. The minimum Gasteiger partial charge on any atom is -0.306 e. The van der Waals surface area contributed by atoms with Gasteiger partial charge < -0.3 is 5.32 Å². The molecule has 0 saturated heterocycles. The van der Waals surface area contributed by atoms with Crippen LogP contribution in [0.3, 0.4) is 0 Å². The van der Waals surface area contributed by atoms with Crippen LogP contribution in [0, 0.1) is 6.92 Å². The van der Waals surface area contributed by atoms with Crippen LogP contribution < -0.4 is 5.32 Å². The van der Waals surface area contributed by atoms with Gasteiger partial charge in [0.1, 0.15) is 0 Å². The monoisotopic (exact) mass is 296 g/mol. The second-order valence-corrected chi connectivity index (χ2v) is 6.26. The lowest BCUT2D eigenvalue weighted by Gasteiger charge is -2.21. The zero-order chi connectivity index (χ0) is 14.7. The van der Waals surface area contributed by atoms with E-state index in [0.717, 1.165) is 18.5 Å². The van der Waals surface area contributed by atoms with E-state index in [9.17, 15) is 0 Å². The molecule has 3 heteroatoms. The minimum atomic E-state index is 0.213. The van der Waals surface area contributed by atoms with Gasteiger partial charge in [0.25, 0.3) is 0 Å². The zero-order valence-corrected chi connectivity index (χ0v) is 13.3. The summed E-state index contributed by atoms with van der Waals surface area (Å²) >= 11 is 1.75. The highest BCUT2D eigenvalue weighted by Gasteiger charge is 2.16. The molecule has 0 aliphatic rings. The van der Waals surface area contributed by atoms with E-state index in [1.165, 1.54) is 21.4 Å². The van der Waals surface area contributed by atoms with E-state index in [1.54, 1.807) is 11.3 Å². The van der Waals surface area contributed by atoms with Crippen molar-refractivity contribution in [2.45, 2.75) is 26.3 Å². The Labute approximate surface area is 129 Å². The number of thiophene rings is 1. The molecule has 2 heterocycles. The molecule has 0 amide bonds. The minimum absolute atomic E-state index is 0.213. The Bertz CT molecular complexity index is 733. The van der Waals surface area contributed by atoms with Crippen molar-refractivity contribution in [3.63, 3.8) is 0 Å². The first-order chi connectivity index (χ1) is 10.3. The molecular weight excluding hydrogens is 276 g/mol. The molecule has 21 heavy (non-hydrogen) atoms. The fourth-order valence-electron chi connectivity index (χ4n) is 2.63. The van der Waals surface area contributed by atoms with Crippen molar-refractivity contribution in [1.82, 2.24) is 10.3 Å². The van der Waals surface area contributed by atoms with E-state index in [-0.39, 0.29) is 6.04 Å². The number of fused-ring (bicyclic) bond motifs is 1. The van der Waals surface area contributed by atoms with E-state index in [1.807, 2.05) is 6.20 Å². The number of pyridine rings is 1. The second-order valence-electron chi connectivity index (χ2n) is 5.32. The van der Waals surface area contributed by atoms with Crippen LogP contribution in [-0.4, -0.2) is 11.5 Å². The first kappa shape index (κ1) is 14.2. The summed E-state index contributed by atoms with van der Waals surface area (Å²) in [7, 11) is 0. The Morgan fingerprint density at radius 3 is 2.90 bits per heavy atom. The van der Waals surface area contributed by atoms with Gasteiger partial charge in [-0.3, -0.25) is 4.98 Å².